The number of anilines is 1. The van der Waals surface area contributed by atoms with Crippen molar-refractivity contribution in [2.24, 2.45) is 0 Å². The number of sulfonamides is 1. The summed E-state index contributed by atoms with van der Waals surface area (Å²) in [5.74, 6) is -1.64. The van der Waals surface area contributed by atoms with E-state index in [0.29, 0.717) is 5.56 Å². The van der Waals surface area contributed by atoms with Crippen LogP contribution in [0.5, 0.6) is 0 Å². The topological polar surface area (TPSA) is 122 Å². The van der Waals surface area contributed by atoms with E-state index in [1.54, 1.807) is 0 Å². The average Bonchev–Trinajstić information content (AvgIpc) is 2.39. The molecule has 0 amide bonds. The first kappa shape index (κ1) is 13.9. The Morgan fingerprint density at radius 1 is 1.30 bits per heavy atom. The molecule has 0 aliphatic carbocycles. The average molecular weight is 294 g/mol. The lowest BCUT2D eigenvalue weighted by molar-refractivity contribution is 0.0696. The molecule has 0 saturated heterocycles. The Bertz CT molecular complexity index is 718. The Balaban J connectivity index is 2.16. The van der Waals surface area contributed by atoms with Crippen LogP contribution in [0.1, 0.15) is 15.9 Å². The van der Waals surface area contributed by atoms with Crippen molar-refractivity contribution < 1.29 is 18.3 Å². The van der Waals surface area contributed by atoms with Crippen LogP contribution in [-0.4, -0.2) is 34.7 Å². The Hall–Kier alpha value is -2.55. The minimum Gasteiger partial charge on any atom is -0.478 e. The molecule has 1 aromatic carbocycles. The van der Waals surface area contributed by atoms with Crippen molar-refractivity contribution in [1.29, 1.82) is 0 Å². The summed E-state index contributed by atoms with van der Waals surface area (Å²) in [6.07, 6.45) is 2.62. The van der Waals surface area contributed by atoms with Gasteiger partial charge in [-0.25, -0.2) is 22.9 Å². The molecule has 2 rings (SSSR count). The van der Waals surface area contributed by atoms with Crippen molar-refractivity contribution in [2.75, 3.05) is 4.72 Å². The fourth-order valence-electron chi connectivity index (χ4n) is 1.48. The quantitative estimate of drug-likeness (QED) is 0.823. The van der Waals surface area contributed by atoms with Gasteiger partial charge in [0.15, 0.2) is 0 Å². The summed E-state index contributed by atoms with van der Waals surface area (Å²) < 4.78 is 25.9. The fourth-order valence-corrected chi connectivity index (χ4v) is 2.55. The second-order valence-corrected chi connectivity index (χ2v) is 5.56. The number of carboxylic acid groups (broad SMARTS) is 1. The molecule has 2 aromatic rings. The lowest BCUT2D eigenvalue weighted by Crippen LogP contribution is -2.17. The van der Waals surface area contributed by atoms with Gasteiger partial charge >= 0.3 is 5.97 Å². The van der Waals surface area contributed by atoms with E-state index in [0.717, 1.165) is 0 Å². The van der Waals surface area contributed by atoms with Gasteiger partial charge in [0, 0.05) is 0 Å². The highest BCUT2D eigenvalue weighted by Gasteiger charge is 2.14. The number of nitrogens with one attached hydrogen (secondary N) is 1. The van der Waals surface area contributed by atoms with Crippen LogP contribution in [0.2, 0.25) is 0 Å². The molecule has 8 nitrogen and oxygen atoms in total. The van der Waals surface area contributed by atoms with E-state index in [1.807, 2.05) is 0 Å². The van der Waals surface area contributed by atoms with E-state index in [4.69, 9.17) is 5.11 Å². The van der Waals surface area contributed by atoms with Gasteiger partial charge in [-0.2, -0.15) is 5.10 Å². The van der Waals surface area contributed by atoms with Gasteiger partial charge in [-0.05, 0) is 17.7 Å². The molecule has 0 spiro atoms. The van der Waals surface area contributed by atoms with Gasteiger partial charge in [0.1, 0.15) is 0 Å². The zero-order chi connectivity index (χ0) is 14.6. The summed E-state index contributed by atoms with van der Waals surface area (Å²) in [5.41, 5.74) is 0.372. The number of hydrogen-bond donors (Lipinski definition) is 2. The number of aromatic carboxylic acids is 1. The van der Waals surface area contributed by atoms with Crippen LogP contribution in [0.3, 0.4) is 0 Å². The minimum absolute atomic E-state index is 0.0235. The van der Waals surface area contributed by atoms with Gasteiger partial charge in [-0.1, -0.05) is 12.1 Å². The lowest BCUT2D eigenvalue weighted by Gasteiger charge is -2.06. The van der Waals surface area contributed by atoms with Crippen molar-refractivity contribution in [2.45, 2.75) is 5.75 Å². The summed E-state index contributed by atoms with van der Waals surface area (Å²) in [6.45, 7) is 0. The Kier molecular flexibility index (Phi) is 3.89. The smallest absolute Gasteiger partial charge is 0.335 e. The summed E-state index contributed by atoms with van der Waals surface area (Å²) in [5, 5.41) is 15.9. The van der Waals surface area contributed by atoms with Gasteiger partial charge in [0.05, 0.1) is 23.7 Å². The maximum atomic E-state index is 11.9. The Morgan fingerprint density at radius 3 is 2.75 bits per heavy atom. The van der Waals surface area contributed by atoms with E-state index in [2.05, 4.69) is 19.9 Å². The summed E-state index contributed by atoms with van der Waals surface area (Å²) >= 11 is 0. The Labute approximate surface area is 114 Å². The molecule has 104 valence electrons. The number of benzene rings is 1. The van der Waals surface area contributed by atoms with Gasteiger partial charge < -0.3 is 5.11 Å². The number of hydrogen-bond acceptors (Lipinski definition) is 6. The third-order valence-electron chi connectivity index (χ3n) is 2.26. The maximum absolute atomic E-state index is 11.9. The van der Waals surface area contributed by atoms with Crippen molar-refractivity contribution in [3.63, 3.8) is 0 Å². The van der Waals surface area contributed by atoms with Gasteiger partial charge in [0.2, 0.25) is 10.0 Å². The van der Waals surface area contributed by atoms with E-state index in [9.17, 15) is 13.2 Å². The normalized spacial score (nSPS) is 11.0. The molecule has 1 aromatic heterocycles. The summed E-state index contributed by atoms with van der Waals surface area (Å²) in [4.78, 5) is 14.5. The molecule has 20 heavy (non-hydrogen) atoms. The van der Waals surface area contributed by atoms with Crippen LogP contribution in [0.25, 0.3) is 0 Å². The molecule has 9 heteroatoms. The first-order chi connectivity index (χ1) is 9.46. The highest BCUT2D eigenvalue weighted by Crippen LogP contribution is 2.10. The van der Waals surface area contributed by atoms with Gasteiger partial charge in [-0.3, -0.25) is 0 Å². The van der Waals surface area contributed by atoms with E-state index in [1.165, 1.54) is 36.7 Å². The molecule has 0 atom stereocenters. The van der Waals surface area contributed by atoms with Crippen LogP contribution in [0, 0.1) is 0 Å². The van der Waals surface area contributed by atoms with Crippen LogP contribution < -0.4 is 4.72 Å². The summed E-state index contributed by atoms with van der Waals surface area (Å²) in [7, 11) is -3.74. The molecule has 0 radical (unpaired) electrons. The van der Waals surface area contributed by atoms with Crippen LogP contribution >= 0.6 is 0 Å². The highest BCUT2D eigenvalue weighted by atomic mass is 32.2. The molecule has 0 saturated carbocycles. The third kappa shape index (κ3) is 3.72. The second kappa shape index (κ2) is 5.61. The standard InChI is InChI=1S/C11H10N4O4S/c16-10(17)9-3-1-2-8(6-9)7-20(18,19)15-11-12-4-5-13-14-11/h1-6H,7H2,(H,16,17)(H,12,14,15). The predicted molar refractivity (Wildman–Crippen MR) is 69.5 cm³/mol. The molecule has 0 bridgehead atoms. The van der Waals surface area contributed by atoms with Crippen molar-refractivity contribution in [3.05, 3.63) is 47.8 Å². The van der Waals surface area contributed by atoms with Crippen LogP contribution in [0.15, 0.2) is 36.7 Å². The molecular formula is C11H10N4O4S. The first-order valence-electron chi connectivity index (χ1n) is 5.43. The third-order valence-corrected chi connectivity index (χ3v) is 3.47. The largest absolute Gasteiger partial charge is 0.478 e. The van der Waals surface area contributed by atoms with Gasteiger partial charge in [0.25, 0.3) is 5.95 Å². The SMILES string of the molecule is O=C(O)c1cccc(CS(=O)(=O)Nc2nccnn2)c1. The summed E-state index contributed by atoms with van der Waals surface area (Å²) in [6, 6.07) is 5.69. The van der Waals surface area contributed by atoms with Crippen LogP contribution in [0.4, 0.5) is 5.95 Å². The molecule has 0 aliphatic heterocycles. The zero-order valence-corrected chi connectivity index (χ0v) is 10.9. The molecule has 1 heterocycles. The minimum atomic E-state index is -3.74. The zero-order valence-electron chi connectivity index (χ0n) is 10.1. The van der Waals surface area contributed by atoms with E-state index >= 15 is 0 Å². The predicted octanol–water partition coefficient (Wildman–Crippen LogP) is 0.512. The fraction of sp³-hybridized carbons (Fsp3) is 0.0909. The number of carboxylic acids is 1. The molecule has 2 N–H and O–H groups in total. The monoisotopic (exact) mass is 294 g/mol. The van der Waals surface area contributed by atoms with Crippen molar-refractivity contribution in [3.8, 4) is 0 Å². The van der Waals surface area contributed by atoms with Crippen LogP contribution in [-0.2, 0) is 15.8 Å². The van der Waals surface area contributed by atoms with E-state index < -0.39 is 16.0 Å². The van der Waals surface area contributed by atoms with Crippen molar-refractivity contribution in [1.82, 2.24) is 15.2 Å². The molecule has 0 fully saturated rings. The van der Waals surface area contributed by atoms with Crippen molar-refractivity contribution >= 4 is 21.9 Å². The lowest BCUT2D eigenvalue weighted by atomic mass is 10.1. The van der Waals surface area contributed by atoms with E-state index in [-0.39, 0.29) is 17.3 Å². The molecule has 0 aliphatic rings. The Morgan fingerprint density at radius 2 is 2.10 bits per heavy atom. The van der Waals surface area contributed by atoms with Gasteiger partial charge in [-0.15, -0.1) is 5.10 Å². The first-order valence-corrected chi connectivity index (χ1v) is 7.08. The number of aromatic nitrogens is 3. The number of nitrogens with zero attached hydrogens (tertiary/aromatic N) is 3. The second-order valence-electron chi connectivity index (χ2n) is 3.83. The number of rotatable bonds is 5. The molecule has 0 unspecified atom stereocenters. The highest BCUT2D eigenvalue weighted by molar-refractivity contribution is 7.91. The molecular weight excluding hydrogens is 284 g/mol. The number of carbonyl (C=O) groups is 1. The maximum Gasteiger partial charge on any atom is 0.335 e.